The first-order valence-corrected chi connectivity index (χ1v) is 6.78. The Morgan fingerprint density at radius 1 is 0.957 bits per heavy atom. The van der Waals surface area contributed by atoms with Crippen LogP contribution in [0.5, 0.6) is 0 Å². The zero-order chi connectivity index (χ0) is 16.0. The first-order valence-electron chi connectivity index (χ1n) is 6.78. The van der Waals surface area contributed by atoms with Crippen molar-refractivity contribution in [2.45, 2.75) is 0 Å². The van der Waals surface area contributed by atoms with E-state index in [9.17, 15) is 14.4 Å². The van der Waals surface area contributed by atoms with Gasteiger partial charge in [0, 0.05) is 18.6 Å². The second kappa shape index (κ2) is 4.77. The maximum absolute atomic E-state index is 12.3. The molecule has 2 amide bonds. The Hall–Kier alpha value is -3.48. The molecular formula is C16H9N3O4. The number of benzene rings is 1. The number of aromatic nitrogens is 2. The SMILES string of the molecule is O=C(ON1C(=O)c2ccccc2C1=O)c1cccn2ccnc12. The molecule has 3 aromatic rings. The Morgan fingerprint density at radius 3 is 2.35 bits per heavy atom. The molecule has 3 heterocycles. The van der Waals surface area contributed by atoms with Gasteiger partial charge in [-0.3, -0.25) is 9.59 Å². The van der Waals surface area contributed by atoms with E-state index < -0.39 is 17.8 Å². The van der Waals surface area contributed by atoms with Crippen molar-refractivity contribution in [3.63, 3.8) is 0 Å². The van der Waals surface area contributed by atoms with Crippen molar-refractivity contribution in [2.75, 3.05) is 0 Å². The topological polar surface area (TPSA) is 81.0 Å². The first kappa shape index (κ1) is 13.2. The number of carbonyl (C=O) groups excluding carboxylic acids is 3. The van der Waals surface area contributed by atoms with E-state index >= 15 is 0 Å². The third kappa shape index (κ3) is 1.90. The maximum Gasteiger partial charge on any atom is 0.367 e. The molecule has 2 aromatic heterocycles. The number of fused-ring (bicyclic) bond motifs is 2. The lowest BCUT2D eigenvalue weighted by atomic mass is 10.1. The van der Waals surface area contributed by atoms with Crippen LogP contribution >= 0.6 is 0 Å². The fraction of sp³-hybridized carbons (Fsp3) is 0. The van der Waals surface area contributed by atoms with Gasteiger partial charge in [0.2, 0.25) is 0 Å². The summed E-state index contributed by atoms with van der Waals surface area (Å²) in [7, 11) is 0. The molecular weight excluding hydrogens is 298 g/mol. The molecule has 1 aliphatic rings. The van der Waals surface area contributed by atoms with Crippen LogP contribution in [-0.2, 0) is 4.84 Å². The van der Waals surface area contributed by atoms with Crippen molar-refractivity contribution in [3.05, 3.63) is 71.7 Å². The average Bonchev–Trinajstić information content (AvgIpc) is 3.14. The van der Waals surface area contributed by atoms with Crippen LogP contribution in [0.4, 0.5) is 0 Å². The molecule has 1 aliphatic heterocycles. The Bertz CT molecular complexity index is 941. The van der Waals surface area contributed by atoms with Gasteiger partial charge in [0.25, 0.3) is 11.8 Å². The molecule has 0 N–H and O–H groups in total. The largest absolute Gasteiger partial charge is 0.367 e. The van der Waals surface area contributed by atoms with Crippen LogP contribution in [0.1, 0.15) is 31.1 Å². The smallest absolute Gasteiger partial charge is 0.324 e. The number of amides is 2. The Labute approximate surface area is 129 Å². The van der Waals surface area contributed by atoms with Crippen LogP contribution in [0.15, 0.2) is 55.0 Å². The summed E-state index contributed by atoms with van der Waals surface area (Å²) in [5.41, 5.74) is 0.969. The summed E-state index contributed by atoms with van der Waals surface area (Å²) < 4.78 is 1.64. The van der Waals surface area contributed by atoms with Gasteiger partial charge in [0.15, 0.2) is 5.65 Å². The third-order valence-electron chi connectivity index (χ3n) is 3.57. The van der Waals surface area contributed by atoms with Gasteiger partial charge in [-0.2, -0.15) is 0 Å². The van der Waals surface area contributed by atoms with Crippen LogP contribution in [0, 0.1) is 0 Å². The van der Waals surface area contributed by atoms with E-state index in [4.69, 9.17) is 4.84 Å². The lowest BCUT2D eigenvalue weighted by Gasteiger charge is -2.12. The van der Waals surface area contributed by atoms with E-state index in [0.29, 0.717) is 10.7 Å². The van der Waals surface area contributed by atoms with Crippen molar-refractivity contribution in [2.24, 2.45) is 0 Å². The van der Waals surface area contributed by atoms with Crippen LogP contribution in [0.2, 0.25) is 0 Å². The summed E-state index contributed by atoms with van der Waals surface area (Å²) in [5, 5.41) is 0.486. The standard InChI is InChI=1S/C16H9N3O4/c20-14-10-4-1-2-5-11(10)15(21)19(14)23-16(22)12-6-3-8-18-9-7-17-13(12)18/h1-9H. The number of rotatable bonds is 2. The molecule has 112 valence electrons. The number of carbonyl (C=O) groups is 3. The van der Waals surface area contributed by atoms with E-state index in [-0.39, 0.29) is 16.7 Å². The minimum Gasteiger partial charge on any atom is -0.324 e. The highest BCUT2D eigenvalue weighted by atomic mass is 16.7. The van der Waals surface area contributed by atoms with Crippen LogP contribution in [0.25, 0.3) is 5.65 Å². The molecule has 23 heavy (non-hydrogen) atoms. The zero-order valence-electron chi connectivity index (χ0n) is 11.7. The van der Waals surface area contributed by atoms with E-state index in [0.717, 1.165) is 0 Å². The van der Waals surface area contributed by atoms with E-state index in [1.807, 2.05) is 0 Å². The lowest BCUT2D eigenvalue weighted by Crippen LogP contribution is -2.32. The molecule has 0 unspecified atom stereocenters. The number of hydrogen-bond donors (Lipinski definition) is 0. The number of hydrogen-bond acceptors (Lipinski definition) is 5. The first-order chi connectivity index (χ1) is 11.2. The lowest BCUT2D eigenvalue weighted by molar-refractivity contribution is -0.0583. The minimum absolute atomic E-state index is 0.161. The van der Waals surface area contributed by atoms with E-state index in [1.54, 1.807) is 35.0 Å². The summed E-state index contributed by atoms with van der Waals surface area (Å²) in [5.74, 6) is -2.14. The molecule has 7 nitrogen and oxygen atoms in total. The number of imidazole rings is 1. The van der Waals surface area contributed by atoms with Gasteiger partial charge in [-0.25, -0.2) is 9.78 Å². The van der Waals surface area contributed by atoms with Crippen molar-refractivity contribution in [3.8, 4) is 0 Å². The van der Waals surface area contributed by atoms with Gasteiger partial charge in [0.05, 0.1) is 11.1 Å². The molecule has 0 radical (unpaired) electrons. The Balaban J connectivity index is 1.67. The quantitative estimate of drug-likeness (QED) is 0.673. The molecule has 0 saturated carbocycles. The summed E-state index contributed by atoms with van der Waals surface area (Å²) in [6.45, 7) is 0. The van der Waals surface area contributed by atoms with Gasteiger partial charge >= 0.3 is 5.97 Å². The van der Waals surface area contributed by atoms with Crippen LogP contribution in [0.3, 0.4) is 0 Å². The number of imide groups is 1. The predicted molar refractivity (Wildman–Crippen MR) is 77.5 cm³/mol. The predicted octanol–water partition coefficient (Wildman–Crippen LogP) is 1.70. The molecule has 0 aliphatic carbocycles. The summed E-state index contributed by atoms with van der Waals surface area (Å²) >= 11 is 0. The zero-order valence-corrected chi connectivity index (χ0v) is 11.7. The number of pyridine rings is 1. The van der Waals surface area contributed by atoms with E-state index in [1.165, 1.54) is 24.4 Å². The molecule has 0 fully saturated rings. The molecule has 4 rings (SSSR count). The molecule has 0 atom stereocenters. The van der Waals surface area contributed by atoms with Crippen LogP contribution in [-0.4, -0.2) is 32.2 Å². The second-order valence-corrected chi connectivity index (χ2v) is 4.91. The average molecular weight is 307 g/mol. The Morgan fingerprint density at radius 2 is 1.65 bits per heavy atom. The maximum atomic E-state index is 12.3. The van der Waals surface area contributed by atoms with Gasteiger partial charge < -0.3 is 9.24 Å². The normalized spacial score (nSPS) is 13.5. The van der Waals surface area contributed by atoms with Crippen molar-refractivity contribution < 1.29 is 19.2 Å². The number of nitrogens with zero attached hydrogens (tertiary/aromatic N) is 3. The Kier molecular flexibility index (Phi) is 2.74. The molecule has 0 saturated heterocycles. The molecule has 0 bridgehead atoms. The molecule has 1 aromatic carbocycles. The summed E-state index contributed by atoms with van der Waals surface area (Å²) in [4.78, 5) is 45.8. The summed E-state index contributed by atoms with van der Waals surface area (Å²) in [6.07, 6.45) is 4.93. The highest BCUT2D eigenvalue weighted by Crippen LogP contribution is 2.23. The monoisotopic (exact) mass is 307 g/mol. The van der Waals surface area contributed by atoms with Gasteiger partial charge in [-0.15, -0.1) is 0 Å². The molecule has 7 heteroatoms. The highest BCUT2D eigenvalue weighted by molar-refractivity contribution is 6.21. The van der Waals surface area contributed by atoms with Gasteiger partial charge in [0.1, 0.15) is 5.56 Å². The highest BCUT2D eigenvalue weighted by Gasteiger charge is 2.39. The van der Waals surface area contributed by atoms with Crippen LogP contribution < -0.4 is 0 Å². The van der Waals surface area contributed by atoms with Crippen molar-refractivity contribution in [1.82, 2.24) is 14.4 Å². The van der Waals surface area contributed by atoms with Gasteiger partial charge in [-0.1, -0.05) is 17.2 Å². The van der Waals surface area contributed by atoms with Crippen molar-refractivity contribution >= 4 is 23.4 Å². The fourth-order valence-electron chi connectivity index (χ4n) is 2.49. The van der Waals surface area contributed by atoms with E-state index in [2.05, 4.69) is 4.98 Å². The summed E-state index contributed by atoms with van der Waals surface area (Å²) in [6, 6.07) is 9.47. The fourth-order valence-corrected chi connectivity index (χ4v) is 2.49. The van der Waals surface area contributed by atoms with Gasteiger partial charge in [-0.05, 0) is 24.3 Å². The molecule has 0 spiro atoms. The second-order valence-electron chi connectivity index (χ2n) is 4.91. The minimum atomic E-state index is -0.823. The third-order valence-corrected chi connectivity index (χ3v) is 3.57. The number of hydroxylamine groups is 2. The van der Waals surface area contributed by atoms with Crippen molar-refractivity contribution in [1.29, 1.82) is 0 Å².